The second-order valence-corrected chi connectivity index (χ2v) is 4.87. The zero-order chi connectivity index (χ0) is 16.9. The maximum absolute atomic E-state index is 11.3. The maximum Gasteiger partial charge on any atom is 0.303 e. The molecule has 2 N–H and O–H groups in total. The Labute approximate surface area is 127 Å². The molecular formula is C13H21NO8. The minimum Gasteiger partial charge on any atom is -0.463 e. The Kier molecular flexibility index (Phi) is 6.72. The Morgan fingerprint density at radius 1 is 1.18 bits per heavy atom. The van der Waals surface area contributed by atoms with Crippen molar-refractivity contribution in [3.05, 3.63) is 0 Å². The number of methoxy groups -OCH3 is 1. The molecule has 0 radical (unpaired) electrons. The molecule has 1 amide bonds. The monoisotopic (exact) mass is 319 g/mol. The van der Waals surface area contributed by atoms with Crippen molar-refractivity contribution >= 4 is 17.8 Å². The van der Waals surface area contributed by atoms with Crippen molar-refractivity contribution < 1.29 is 38.4 Å². The van der Waals surface area contributed by atoms with Crippen LogP contribution in [0.25, 0.3) is 0 Å². The van der Waals surface area contributed by atoms with Crippen molar-refractivity contribution in [2.75, 3.05) is 13.7 Å². The van der Waals surface area contributed by atoms with Crippen LogP contribution in [0.5, 0.6) is 0 Å². The number of hydrogen-bond donors (Lipinski definition) is 2. The fraction of sp³-hybridized carbons (Fsp3) is 0.769. The van der Waals surface area contributed by atoms with Crippen LogP contribution in [0.4, 0.5) is 0 Å². The van der Waals surface area contributed by atoms with Gasteiger partial charge >= 0.3 is 11.9 Å². The van der Waals surface area contributed by atoms with Crippen molar-refractivity contribution in [3.63, 3.8) is 0 Å². The van der Waals surface area contributed by atoms with Crippen molar-refractivity contribution in [3.8, 4) is 0 Å². The first-order chi connectivity index (χ1) is 10.3. The fourth-order valence-corrected chi connectivity index (χ4v) is 2.18. The minimum absolute atomic E-state index is 0.235. The van der Waals surface area contributed by atoms with Gasteiger partial charge in [-0.3, -0.25) is 14.4 Å². The smallest absolute Gasteiger partial charge is 0.303 e. The predicted molar refractivity (Wildman–Crippen MR) is 71.5 cm³/mol. The first-order valence-electron chi connectivity index (χ1n) is 6.70. The molecule has 9 nitrogen and oxygen atoms in total. The highest BCUT2D eigenvalue weighted by molar-refractivity contribution is 5.73. The van der Waals surface area contributed by atoms with Gasteiger partial charge in [-0.15, -0.1) is 0 Å². The molecule has 0 aromatic heterocycles. The Morgan fingerprint density at radius 3 is 2.27 bits per heavy atom. The van der Waals surface area contributed by atoms with Gasteiger partial charge in [0.2, 0.25) is 5.91 Å². The first-order valence-corrected chi connectivity index (χ1v) is 6.70. The summed E-state index contributed by atoms with van der Waals surface area (Å²) in [5, 5.41) is 12.8. The highest BCUT2D eigenvalue weighted by atomic mass is 16.7. The molecule has 0 aromatic rings. The van der Waals surface area contributed by atoms with Gasteiger partial charge in [-0.1, -0.05) is 0 Å². The van der Waals surface area contributed by atoms with Crippen LogP contribution >= 0.6 is 0 Å². The number of carbonyl (C=O) groups is 3. The average Bonchev–Trinajstić information content (AvgIpc) is 2.41. The summed E-state index contributed by atoms with van der Waals surface area (Å²) in [5.74, 6) is -1.58. The lowest BCUT2D eigenvalue weighted by molar-refractivity contribution is -0.267. The van der Waals surface area contributed by atoms with E-state index in [1.165, 1.54) is 27.9 Å². The average molecular weight is 319 g/mol. The Morgan fingerprint density at radius 2 is 1.82 bits per heavy atom. The molecule has 0 aromatic carbocycles. The molecule has 5 atom stereocenters. The van der Waals surface area contributed by atoms with Crippen molar-refractivity contribution in [1.82, 2.24) is 5.32 Å². The topological polar surface area (TPSA) is 120 Å². The van der Waals surface area contributed by atoms with Crippen LogP contribution in [0, 0.1) is 0 Å². The lowest BCUT2D eigenvalue weighted by Gasteiger charge is -2.43. The first kappa shape index (κ1) is 18.3. The highest BCUT2D eigenvalue weighted by Crippen LogP contribution is 2.24. The van der Waals surface area contributed by atoms with Crippen LogP contribution in [-0.4, -0.2) is 67.3 Å². The minimum atomic E-state index is -1.30. The van der Waals surface area contributed by atoms with Gasteiger partial charge in [-0.05, 0) is 0 Å². The predicted octanol–water partition coefficient (Wildman–Crippen LogP) is -1.28. The number of nitrogens with one attached hydrogen (secondary N) is 1. The van der Waals surface area contributed by atoms with Gasteiger partial charge in [-0.25, -0.2) is 0 Å². The van der Waals surface area contributed by atoms with Gasteiger partial charge in [0.1, 0.15) is 24.9 Å². The summed E-state index contributed by atoms with van der Waals surface area (Å²) in [6.45, 7) is 3.43. The third kappa shape index (κ3) is 4.93. The van der Waals surface area contributed by atoms with Crippen molar-refractivity contribution in [2.24, 2.45) is 0 Å². The number of aliphatic hydroxyl groups is 1. The van der Waals surface area contributed by atoms with Gasteiger partial charge in [0.05, 0.1) is 0 Å². The van der Waals surface area contributed by atoms with Gasteiger partial charge in [-0.2, -0.15) is 0 Å². The number of esters is 2. The lowest BCUT2D eigenvalue weighted by atomic mass is 9.96. The molecule has 1 aliphatic heterocycles. The normalized spacial score (nSPS) is 31.2. The molecule has 1 fully saturated rings. The molecule has 0 aliphatic carbocycles. The van der Waals surface area contributed by atoms with E-state index in [1.807, 2.05) is 0 Å². The highest BCUT2D eigenvalue weighted by Gasteiger charge is 2.48. The SMILES string of the molecule is CO[C@H]1O[C@H](COC(C)=O)[C@@H](O)[C@H](OC(C)=O)[C@H]1NC(C)=O. The molecule has 0 unspecified atom stereocenters. The Balaban J connectivity index is 2.95. The molecule has 1 saturated heterocycles. The number of ether oxygens (including phenoxy) is 4. The van der Waals surface area contributed by atoms with Gasteiger partial charge in [0.15, 0.2) is 12.4 Å². The second-order valence-electron chi connectivity index (χ2n) is 4.87. The molecule has 0 saturated carbocycles. The van der Waals surface area contributed by atoms with E-state index in [-0.39, 0.29) is 6.61 Å². The Bertz CT molecular complexity index is 426. The van der Waals surface area contributed by atoms with E-state index in [9.17, 15) is 19.5 Å². The van der Waals surface area contributed by atoms with E-state index in [0.717, 1.165) is 0 Å². The van der Waals surface area contributed by atoms with Crippen LogP contribution in [0.1, 0.15) is 20.8 Å². The molecule has 9 heteroatoms. The van der Waals surface area contributed by atoms with E-state index in [0.29, 0.717) is 0 Å². The van der Waals surface area contributed by atoms with Gasteiger partial charge in [0.25, 0.3) is 0 Å². The number of aliphatic hydroxyl groups excluding tert-OH is 1. The van der Waals surface area contributed by atoms with Crippen LogP contribution < -0.4 is 5.32 Å². The van der Waals surface area contributed by atoms with E-state index in [1.54, 1.807) is 0 Å². The third-order valence-corrected chi connectivity index (χ3v) is 3.03. The number of hydrogen-bond acceptors (Lipinski definition) is 8. The molecule has 0 bridgehead atoms. The lowest BCUT2D eigenvalue weighted by Crippen LogP contribution is -2.65. The zero-order valence-corrected chi connectivity index (χ0v) is 12.9. The molecule has 1 heterocycles. The second kappa shape index (κ2) is 8.06. The van der Waals surface area contributed by atoms with Crippen LogP contribution in [0.3, 0.4) is 0 Å². The summed E-state index contributed by atoms with van der Waals surface area (Å²) < 4.78 is 20.5. The van der Waals surface area contributed by atoms with E-state index in [2.05, 4.69) is 5.32 Å². The van der Waals surface area contributed by atoms with Crippen molar-refractivity contribution in [2.45, 2.75) is 51.4 Å². The maximum atomic E-state index is 11.3. The van der Waals surface area contributed by atoms with Crippen LogP contribution in [-0.2, 0) is 33.3 Å². The molecular weight excluding hydrogens is 298 g/mol. The van der Waals surface area contributed by atoms with Gasteiger partial charge < -0.3 is 29.4 Å². The summed E-state index contributed by atoms with van der Waals surface area (Å²) in [4.78, 5) is 33.4. The van der Waals surface area contributed by atoms with Crippen LogP contribution in [0.15, 0.2) is 0 Å². The van der Waals surface area contributed by atoms with E-state index in [4.69, 9.17) is 18.9 Å². The molecule has 0 spiro atoms. The summed E-state index contributed by atoms with van der Waals surface area (Å²) in [6, 6.07) is -0.894. The standard InChI is InChI=1S/C13H21NO8/c1-6(15)14-10-12(21-8(3)17)11(18)9(5-20-7(2)16)22-13(10)19-4/h9-13,18H,5H2,1-4H3,(H,14,15)/t9-,10-,11-,12-,13+/m1/s1. The zero-order valence-electron chi connectivity index (χ0n) is 12.9. The van der Waals surface area contributed by atoms with E-state index >= 15 is 0 Å². The molecule has 1 aliphatic rings. The summed E-state index contributed by atoms with van der Waals surface area (Å²) in [7, 11) is 1.34. The molecule has 1 rings (SSSR count). The largest absolute Gasteiger partial charge is 0.463 e. The van der Waals surface area contributed by atoms with Gasteiger partial charge in [0, 0.05) is 27.9 Å². The summed E-state index contributed by atoms with van der Waals surface area (Å²) >= 11 is 0. The molecule has 126 valence electrons. The quantitative estimate of drug-likeness (QED) is 0.601. The fourth-order valence-electron chi connectivity index (χ4n) is 2.18. The van der Waals surface area contributed by atoms with Crippen molar-refractivity contribution in [1.29, 1.82) is 0 Å². The number of rotatable bonds is 5. The third-order valence-electron chi connectivity index (χ3n) is 3.03. The van der Waals surface area contributed by atoms with Crippen LogP contribution in [0.2, 0.25) is 0 Å². The number of carbonyl (C=O) groups excluding carboxylic acids is 3. The van der Waals surface area contributed by atoms with E-state index < -0.39 is 48.5 Å². The summed E-state index contributed by atoms with van der Waals surface area (Å²) in [5.41, 5.74) is 0. The molecule has 22 heavy (non-hydrogen) atoms. The Hall–Kier alpha value is -1.71. The summed E-state index contributed by atoms with van der Waals surface area (Å²) in [6.07, 6.45) is -4.33. The number of amides is 1.